The number of nitrogens with two attached hydrogens (primary N) is 1. The Bertz CT molecular complexity index is 321. The topological polar surface area (TPSA) is 85.8 Å². The van der Waals surface area contributed by atoms with E-state index < -0.39 is 0 Å². The summed E-state index contributed by atoms with van der Waals surface area (Å²) < 4.78 is 1.80. The Morgan fingerprint density at radius 3 is 2.71 bits per heavy atom. The standard InChI is InChI=1S/C8H15N5O/c1-5(7(9)14)11-6(2)8-12-10-4-13(8)3/h4-6,11H,1-3H3,(H2,9,14). The SMILES string of the molecule is CC(NC(C)c1nncn1C)C(N)=O. The van der Waals surface area contributed by atoms with E-state index in [1.165, 1.54) is 0 Å². The van der Waals surface area contributed by atoms with Gasteiger partial charge in [0.25, 0.3) is 0 Å². The summed E-state index contributed by atoms with van der Waals surface area (Å²) >= 11 is 0. The Kier molecular flexibility index (Phi) is 3.19. The molecule has 0 fully saturated rings. The van der Waals surface area contributed by atoms with Crippen molar-refractivity contribution in [3.8, 4) is 0 Å². The van der Waals surface area contributed by atoms with Crippen molar-refractivity contribution in [2.45, 2.75) is 25.9 Å². The number of nitrogens with one attached hydrogen (secondary N) is 1. The summed E-state index contributed by atoms with van der Waals surface area (Å²) in [6.07, 6.45) is 1.61. The van der Waals surface area contributed by atoms with Crippen molar-refractivity contribution in [1.29, 1.82) is 0 Å². The second-order valence-corrected chi connectivity index (χ2v) is 3.31. The van der Waals surface area contributed by atoms with E-state index in [1.54, 1.807) is 17.8 Å². The second kappa shape index (κ2) is 4.19. The molecule has 2 unspecified atom stereocenters. The Balaban J connectivity index is 2.63. The summed E-state index contributed by atoms with van der Waals surface area (Å²) in [5.74, 6) is 0.400. The first-order valence-electron chi connectivity index (χ1n) is 4.41. The van der Waals surface area contributed by atoms with E-state index in [2.05, 4.69) is 15.5 Å². The summed E-state index contributed by atoms with van der Waals surface area (Å²) in [6, 6.07) is -0.424. The lowest BCUT2D eigenvalue weighted by Gasteiger charge is -2.16. The fourth-order valence-electron chi connectivity index (χ4n) is 1.22. The van der Waals surface area contributed by atoms with Crippen molar-refractivity contribution in [2.75, 3.05) is 0 Å². The molecule has 0 aliphatic rings. The van der Waals surface area contributed by atoms with Crippen LogP contribution in [0.25, 0.3) is 0 Å². The first-order chi connectivity index (χ1) is 6.52. The minimum Gasteiger partial charge on any atom is -0.368 e. The highest BCUT2D eigenvalue weighted by molar-refractivity contribution is 5.79. The maximum Gasteiger partial charge on any atom is 0.234 e. The monoisotopic (exact) mass is 197 g/mol. The van der Waals surface area contributed by atoms with Crippen LogP contribution < -0.4 is 11.1 Å². The van der Waals surface area contributed by atoms with Crippen molar-refractivity contribution >= 4 is 5.91 Å². The number of hydrogen-bond donors (Lipinski definition) is 2. The molecule has 2 atom stereocenters. The third kappa shape index (κ3) is 2.29. The predicted octanol–water partition coefficient (Wildman–Crippen LogP) is -0.660. The number of aromatic nitrogens is 3. The van der Waals surface area contributed by atoms with Crippen LogP contribution in [0.3, 0.4) is 0 Å². The number of carbonyl (C=O) groups is 1. The Morgan fingerprint density at radius 1 is 1.64 bits per heavy atom. The molecule has 0 spiro atoms. The van der Waals surface area contributed by atoms with Crippen molar-refractivity contribution in [1.82, 2.24) is 20.1 Å². The average Bonchev–Trinajstić information content (AvgIpc) is 2.51. The summed E-state index contributed by atoms with van der Waals surface area (Å²) in [6.45, 7) is 3.62. The highest BCUT2D eigenvalue weighted by Crippen LogP contribution is 2.07. The average molecular weight is 197 g/mol. The van der Waals surface area contributed by atoms with Gasteiger partial charge >= 0.3 is 0 Å². The summed E-state index contributed by atoms with van der Waals surface area (Å²) in [5, 5.41) is 10.7. The molecule has 1 amide bonds. The lowest BCUT2D eigenvalue weighted by atomic mass is 10.2. The van der Waals surface area contributed by atoms with E-state index in [-0.39, 0.29) is 18.0 Å². The van der Waals surface area contributed by atoms with Gasteiger partial charge in [-0.25, -0.2) is 0 Å². The molecule has 1 aromatic rings. The molecule has 1 heterocycles. The molecule has 1 rings (SSSR count). The van der Waals surface area contributed by atoms with Gasteiger partial charge in [-0.15, -0.1) is 10.2 Å². The molecular formula is C8H15N5O. The van der Waals surface area contributed by atoms with E-state index >= 15 is 0 Å². The Labute approximate surface area is 82.5 Å². The molecule has 0 saturated carbocycles. The minimum absolute atomic E-state index is 0.0509. The lowest BCUT2D eigenvalue weighted by Crippen LogP contribution is -2.40. The second-order valence-electron chi connectivity index (χ2n) is 3.31. The Hall–Kier alpha value is -1.43. The van der Waals surface area contributed by atoms with Crippen LogP contribution in [0, 0.1) is 0 Å². The van der Waals surface area contributed by atoms with Crippen LogP contribution in [-0.4, -0.2) is 26.7 Å². The van der Waals surface area contributed by atoms with E-state index in [9.17, 15) is 4.79 Å². The van der Waals surface area contributed by atoms with Gasteiger partial charge in [-0.2, -0.15) is 0 Å². The molecule has 0 radical (unpaired) electrons. The van der Waals surface area contributed by atoms with E-state index in [4.69, 9.17) is 5.73 Å². The number of nitrogens with zero attached hydrogens (tertiary/aromatic N) is 3. The molecule has 0 aliphatic carbocycles. The minimum atomic E-state index is -0.376. The molecule has 6 heteroatoms. The van der Waals surface area contributed by atoms with E-state index in [0.29, 0.717) is 0 Å². The molecular weight excluding hydrogens is 182 g/mol. The van der Waals surface area contributed by atoms with Crippen molar-refractivity contribution in [2.24, 2.45) is 12.8 Å². The van der Waals surface area contributed by atoms with Gasteiger partial charge in [-0.1, -0.05) is 0 Å². The largest absolute Gasteiger partial charge is 0.368 e. The van der Waals surface area contributed by atoms with Gasteiger partial charge in [-0.05, 0) is 13.8 Å². The summed E-state index contributed by atoms with van der Waals surface area (Å²) in [5.41, 5.74) is 5.13. The van der Waals surface area contributed by atoms with Crippen LogP contribution in [0.2, 0.25) is 0 Å². The van der Waals surface area contributed by atoms with Crippen LogP contribution >= 0.6 is 0 Å². The maximum atomic E-state index is 10.8. The molecule has 14 heavy (non-hydrogen) atoms. The van der Waals surface area contributed by atoms with Crippen LogP contribution in [0.1, 0.15) is 25.7 Å². The smallest absolute Gasteiger partial charge is 0.234 e. The van der Waals surface area contributed by atoms with Crippen LogP contribution in [0.15, 0.2) is 6.33 Å². The van der Waals surface area contributed by atoms with Gasteiger partial charge in [-0.3, -0.25) is 10.1 Å². The van der Waals surface area contributed by atoms with Gasteiger partial charge < -0.3 is 10.3 Å². The van der Waals surface area contributed by atoms with Gasteiger partial charge in [0.1, 0.15) is 12.2 Å². The zero-order valence-electron chi connectivity index (χ0n) is 8.56. The van der Waals surface area contributed by atoms with E-state index in [1.807, 2.05) is 14.0 Å². The van der Waals surface area contributed by atoms with E-state index in [0.717, 1.165) is 5.82 Å². The fraction of sp³-hybridized carbons (Fsp3) is 0.625. The molecule has 1 aromatic heterocycles. The van der Waals surface area contributed by atoms with Crippen LogP contribution in [0.4, 0.5) is 0 Å². The normalized spacial score (nSPS) is 15.1. The number of hydrogen-bond acceptors (Lipinski definition) is 4. The zero-order chi connectivity index (χ0) is 10.7. The number of carbonyl (C=O) groups excluding carboxylic acids is 1. The molecule has 0 bridgehead atoms. The summed E-state index contributed by atoms with van der Waals surface area (Å²) in [4.78, 5) is 10.8. The highest BCUT2D eigenvalue weighted by Gasteiger charge is 2.16. The number of aryl methyl sites for hydroxylation is 1. The first kappa shape index (κ1) is 10.6. The molecule has 78 valence electrons. The molecule has 0 aliphatic heterocycles. The number of rotatable bonds is 4. The fourth-order valence-corrected chi connectivity index (χ4v) is 1.22. The summed E-state index contributed by atoms with van der Waals surface area (Å²) in [7, 11) is 1.85. The van der Waals surface area contributed by atoms with Gasteiger partial charge in [0, 0.05) is 7.05 Å². The third-order valence-electron chi connectivity index (χ3n) is 2.06. The van der Waals surface area contributed by atoms with Gasteiger partial charge in [0.05, 0.1) is 12.1 Å². The first-order valence-corrected chi connectivity index (χ1v) is 4.41. The third-order valence-corrected chi connectivity index (χ3v) is 2.06. The predicted molar refractivity (Wildman–Crippen MR) is 51.2 cm³/mol. The van der Waals surface area contributed by atoms with Crippen molar-refractivity contribution in [3.63, 3.8) is 0 Å². The molecule has 3 N–H and O–H groups in total. The molecule has 6 nitrogen and oxygen atoms in total. The van der Waals surface area contributed by atoms with Crippen molar-refractivity contribution in [3.05, 3.63) is 12.2 Å². The van der Waals surface area contributed by atoms with Crippen molar-refractivity contribution < 1.29 is 4.79 Å². The number of primary amides is 1. The zero-order valence-corrected chi connectivity index (χ0v) is 8.56. The van der Waals surface area contributed by atoms with Gasteiger partial charge in [0.2, 0.25) is 5.91 Å². The van der Waals surface area contributed by atoms with Crippen LogP contribution in [0.5, 0.6) is 0 Å². The quantitative estimate of drug-likeness (QED) is 0.671. The number of amides is 1. The molecule has 0 saturated heterocycles. The van der Waals surface area contributed by atoms with Gasteiger partial charge in [0.15, 0.2) is 0 Å². The molecule has 0 aromatic carbocycles. The highest BCUT2D eigenvalue weighted by atomic mass is 16.1. The maximum absolute atomic E-state index is 10.8. The lowest BCUT2D eigenvalue weighted by molar-refractivity contribution is -0.119. The Morgan fingerprint density at radius 2 is 2.29 bits per heavy atom. The van der Waals surface area contributed by atoms with Crippen LogP contribution in [-0.2, 0) is 11.8 Å².